The number of hydrogen-bond donors (Lipinski definition) is 2. The molecule has 2 aromatic heterocycles. The zero-order valence-electron chi connectivity index (χ0n) is 9.34. The van der Waals surface area contributed by atoms with Gasteiger partial charge in [0.2, 0.25) is 0 Å². The summed E-state index contributed by atoms with van der Waals surface area (Å²) >= 11 is 0. The highest BCUT2D eigenvalue weighted by atomic mass is 16.1. The van der Waals surface area contributed by atoms with Crippen LogP contribution >= 0.6 is 0 Å². The number of primary amides is 1. The number of pyridine rings is 2. The Labute approximate surface area is 98.7 Å². The van der Waals surface area contributed by atoms with Gasteiger partial charge in [0.25, 0.3) is 5.91 Å². The van der Waals surface area contributed by atoms with Gasteiger partial charge < -0.3 is 11.1 Å². The van der Waals surface area contributed by atoms with Crippen LogP contribution in [0.4, 0.5) is 11.4 Å². The molecule has 0 aliphatic rings. The molecule has 0 radical (unpaired) electrons. The van der Waals surface area contributed by atoms with Gasteiger partial charge in [0, 0.05) is 18.6 Å². The summed E-state index contributed by atoms with van der Waals surface area (Å²) in [7, 11) is 0. The van der Waals surface area contributed by atoms with Crippen molar-refractivity contribution in [3.05, 3.63) is 48.0 Å². The van der Waals surface area contributed by atoms with Crippen molar-refractivity contribution in [3.8, 4) is 0 Å². The fourth-order valence-electron chi connectivity index (χ4n) is 1.48. The third kappa shape index (κ3) is 2.57. The zero-order valence-corrected chi connectivity index (χ0v) is 9.34. The van der Waals surface area contributed by atoms with Crippen LogP contribution in [0.5, 0.6) is 0 Å². The predicted octanol–water partition coefficient (Wildman–Crippen LogP) is 1.63. The molecule has 0 spiro atoms. The third-order valence-electron chi connectivity index (χ3n) is 2.24. The lowest BCUT2D eigenvalue weighted by molar-refractivity contribution is 0.100. The van der Waals surface area contributed by atoms with Crippen LogP contribution in [0.15, 0.2) is 36.9 Å². The number of aromatic nitrogens is 2. The number of hydrogen-bond acceptors (Lipinski definition) is 4. The van der Waals surface area contributed by atoms with Crippen molar-refractivity contribution in [1.82, 2.24) is 9.97 Å². The van der Waals surface area contributed by atoms with Gasteiger partial charge in [-0.05, 0) is 24.6 Å². The van der Waals surface area contributed by atoms with E-state index >= 15 is 0 Å². The smallest absolute Gasteiger partial charge is 0.252 e. The summed E-state index contributed by atoms with van der Waals surface area (Å²) in [6.45, 7) is 1.94. The minimum atomic E-state index is -0.513. The Balaban J connectivity index is 2.33. The summed E-state index contributed by atoms with van der Waals surface area (Å²) in [4.78, 5) is 19.1. The minimum Gasteiger partial charge on any atom is -0.365 e. The first kappa shape index (κ1) is 11.1. The maximum absolute atomic E-state index is 11.2. The number of nitrogens with one attached hydrogen (secondary N) is 1. The average Bonchev–Trinajstić information content (AvgIpc) is 2.29. The molecule has 2 rings (SSSR count). The summed E-state index contributed by atoms with van der Waals surface area (Å²) in [6.07, 6.45) is 6.47. The molecule has 1 amide bonds. The molecular formula is C12H12N4O. The lowest BCUT2D eigenvalue weighted by Gasteiger charge is -2.09. The predicted molar refractivity (Wildman–Crippen MR) is 65.0 cm³/mol. The first-order chi connectivity index (χ1) is 8.16. The van der Waals surface area contributed by atoms with Crippen LogP contribution < -0.4 is 11.1 Å². The first-order valence-corrected chi connectivity index (χ1v) is 5.09. The summed E-state index contributed by atoms with van der Waals surface area (Å²) in [5.74, 6) is -0.513. The monoisotopic (exact) mass is 228 g/mol. The highest BCUT2D eigenvalue weighted by molar-refractivity contribution is 5.98. The van der Waals surface area contributed by atoms with Crippen molar-refractivity contribution < 1.29 is 4.79 Å². The maximum Gasteiger partial charge on any atom is 0.252 e. The van der Waals surface area contributed by atoms with Crippen LogP contribution in [0.2, 0.25) is 0 Å². The van der Waals surface area contributed by atoms with E-state index in [-0.39, 0.29) is 0 Å². The topological polar surface area (TPSA) is 80.9 Å². The Morgan fingerprint density at radius 3 is 2.82 bits per heavy atom. The zero-order chi connectivity index (χ0) is 12.3. The molecule has 0 fully saturated rings. The summed E-state index contributed by atoms with van der Waals surface area (Å²) in [5.41, 5.74) is 8.08. The van der Waals surface area contributed by atoms with E-state index in [1.54, 1.807) is 24.7 Å². The van der Waals surface area contributed by atoms with Crippen molar-refractivity contribution in [2.45, 2.75) is 6.92 Å². The number of carbonyl (C=O) groups excluding carboxylic acids is 1. The van der Waals surface area contributed by atoms with E-state index < -0.39 is 5.91 Å². The van der Waals surface area contributed by atoms with Crippen LogP contribution in [0.3, 0.4) is 0 Å². The minimum absolute atomic E-state index is 0.356. The van der Waals surface area contributed by atoms with Crippen molar-refractivity contribution in [2.75, 3.05) is 5.32 Å². The first-order valence-electron chi connectivity index (χ1n) is 5.09. The van der Waals surface area contributed by atoms with Crippen molar-refractivity contribution in [3.63, 3.8) is 0 Å². The maximum atomic E-state index is 11.2. The molecule has 17 heavy (non-hydrogen) atoms. The molecule has 3 N–H and O–H groups in total. The van der Waals surface area contributed by atoms with Gasteiger partial charge in [-0.2, -0.15) is 0 Å². The van der Waals surface area contributed by atoms with Gasteiger partial charge in [0.15, 0.2) is 0 Å². The second-order valence-electron chi connectivity index (χ2n) is 3.66. The van der Waals surface area contributed by atoms with Gasteiger partial charge >= 0.3 is 0 Å². The number of rotatable bonds is 3. The Bertz CT molecular complexity index is 554. The molecule has 0 aliphatic carbocycles. The molecule has 0 saturated carbocycles. The Morgan fingerprint density at radius 1 is 1.29 bits per heavy atom. The summed E-state index contributed by atoms with van der Waals surface area (Å²) in [5, 5.41) is 3.09. The highest BCUT2D eigenvalue weighted by Gasteiger charge is 2.07. The number of amides is 1. The van der Waals surface area contributed by atoms with Gasteiger partial charge in [-0.15, -0.1) is 0 Å². The number of nitrogens with zero attached hydrogens (tertiary/aromatic N) is 2. The van der Waals surface area contributed by atoms with E-state index in [0.717, 1.165) is 11.3 Å². The van der Waals surface area contributed by atoms with Gasteiger partial charge in [-0.1, -0.05) is 0 Å². The van der Waals surface area contributed by atoms with Crippen LogP contribution in [-0.2, 0) is 0 Å². The van der Waals surface area contributed by atoms with Crippen LogP contribution in [0, 0.1) is 6.92 Å². The number of anilines is 2. The lowest BCUT2D eigenvalue weighted by Crippen LogP contribution is -2.13. The molecule has 2 heterocycles. The van der Waals surface area contributed by atoms with E-state index in [2.05, 4.69) is 15.3 Å². The van der Waals surface area contributed by atoms with E-state index in [1.165, 1.54) is 6.20 Å². The molecule has 0 saturated heterocycles. The largest absolute Gasteiger partial charge is 0.365 e. The molecule has 5 heteroatoms. The Kier molecular flexibility index (Phi) is 3.00. The summed E-state index contributed by atoms with van der Waals surface area (Å²) in [6, 6.07) is 3.63. The van der Waals surface area contributed by atoms with Gasteiger partial charge in [0.05, 0.1) is 23.1 Å². The molecule has 0 atom stereocenters. The van der Waals surface area contributed by atoms with Gasteiger partial charge in [0.1, 0.15) is 0 Å². The molecule has 0 aromatic carbocycles. The fourth-order valence-corrected chi connectivity index (χ4v) is 1.48. The van der Waals surface area contributed by atoms with E-state index in [1.807, 2.05) is 13.0 Å². The standard InChI is InChI=1S/C12H12N4O/c1-8-4-9(6-15-5-8)16-11-2-3-14-7-10(11)12(13)17/h2-7H,1H3,(H2,13,17)(H,14,16). The average molecular weight is 228 g/mol. The van der Waals surface area contributed by atoms with Gasteiger partial charge in [-0.3, -0.25) is 14.8 Å². The Morgan fingerprint density at radius 2 is 2.12 bits per heavy atom. The normalized spacial score (nSPS) is 9.94. The quantitative estimate of drug-likeness (QED) is 0.836. The third-order valence-corrected chi connectivity index (χ3v) is 2.24. The van der Waals surface area contributed by atoms with Crippen molar-refractivity contribution >= 4 is 17.3 Å². The molecule has 5 nitrogen and oxygen atoms in total. The van der Waals surface area contributed by atoms with Crippen molar-refractivity contribution in [2.24, 2.45) is 5.73 Å². The SMILES string of the molecule is Cc1cncc(Nc2ccncc2C(N)=O)c1. The second-order valence-corrected chi connectivity index (χ2v) is 3.66. The van der Waals surface area contributed by atoms with E-state index in [0.29, 0.717) is 11.3 Å². The van der Waals surface area contributed by atoms with Crippen LogP contribution in [0.1, 0.15) is 15.9 Å². The van der Waals surface area contributed by atoms with E-state index in [9.17, 15) is 4.79 Å². The van der Waals surface area contributed by atoms with Crippen LogP contribution in [-0.4, -0.2) is 15.9 Å². The number of nitrogens with two attached hydrogens (primary N) is 1. The second kappa shape index (κ2) is 4.61. The van der Waals surface area contributed by atoms with E-state index in [4.69, 9.17) is 5.73 Å². The molecule has 0 bridgehead atoms. The summed E-state index contributed by atoms with van der Waals surface area (Å²) < 4.78 is 0. The molecule has 0 unspecified atom stereocenters. The molecule has 2 aromatic rings. The van der Waals surface area contributed by atoms with Crippen molar-refractivity contribution in [1.29, 1.82) is 0 Å². The lowest BCUT2D eigenvalue weighted by atomic mass is 10.2. The van der Waals surface area contributed by atoms with Gasteiger partial charge in [-0.25, -0.2) is 0 Å². The van der Waals surface area contributed by atoms with Crippen LogP contribution in [0.25, 0.3) is 0 Å². The molecular weight excluding hydrogens is 216 g/mol. The number of carbonyl (C=O) groups is 1. The highest BCUT2D eigenvalue weighted by Crippen LogP contribution is 2.19. The number of aryl methyl sites for hydroxylation is 1. The molecule has 0 aliphatic heterocycles. The molecule has 86 valence electrons. The Hall–Kier alpha value is -2.43. The fraction of sp³-hybridized carbons (Fsp3) is 0.0833.